The van der Waals surface area contributed by atoms with Gasteiger partial charge >= 0.3 is 0 Å². The van der Waals surface area contributed by atoms with Crippen molar-refractivity contribution in [2.24, 2.45) is 0 Å². The molecule has 35 heavy (non-hydrogen) atoms. The number of benzene rings is 2. The SMILES string of the molecule is COc1ccc(-c2noc(CN3CCN(C(=O)[C@H](C)N4C(=O)c5ccccc5C4=O)CC3)n2)cc1. The van der Waals surface area contributed by atoms with Gasteiger partial charge in [-0.2, -0.15) is 4.98 Å². The molecule has 5 rings (SSSR count). The molecule has 0 radical (unpaired) electrons. The Balaban J connectivity index is 1.16. The molecule has 10 heteroatoms. The van der Waals surface area contributed by atoms with Crippen LogP contribution in [0.15, 0.2) is 53.1 Å². The van der Waals surface area contributed by atoms with Gasteiger partial charge in [-0.3, -0.25) is 24.2 Å². The maximum Gasteiger partial charge on any atom is 0.262 e. The Kier molecular flexibility index (Phi) is 6.04. The Morgan fingerprint density at radius 3 is 2.23 bits per heavy atom. The van der Waals surface area contributed by atoms with Crippen molar-refractivity contribution in [2.75, 3.05) is 33.3 Å². The van der Waals surface area contributed by atoms with Crippen LogP contribution in [0.2, 0.25) is 0 Å². The highest BCUT2D eigenvalue weighted by Crippen LogP contribution is 2.25. The quantitative estimate of drug-likeness (QED) is 0.499. The van der Waals surface area contributed by atoms with E-state index in [1.807, 2.05) is 24.3 Å². The van der Waals surface area contributed by atoms with Gasteiger partial charge in [0.05, 0.1) is 24.8 Å². The van der Waals surface area contributed by atoms with Crippen molar-refractivity contribution in [3.63, 3.8) is 0 Å². The standard InChI is InChI=1S/C25H25N5O5/c1-16(30-24(32)19-5-3-4-6-20(19)25(30)33)23(31)29-13-11-28(12-14-29)15-21-26-22(27-35-21)17-7-9-18(34-2)10-8-17/h3-10,16H,11-15H2,1-2H3/t16-/m0/s1. The molecule has 0 bridgehead atoms. The first-order chi connectivity index (χ1) is 17.0. The third kappa shape index (κ3) is 4.28. The lowest BCUT2D eigenvalue weighted by Crippen LogP contribution is -2.55. The minimum absolute atomic E-state index is 0.237. The minimum atomic E-state index is -0.864. The van der Waals surface area contributed by atoms with Gasteiger partial charge in [0.25, 0.3) is 11.8 Å². The molecule has 0 spiro atoms. The predicted molar refractivity (Wildman–Crippen MR) is 125 cm³/mol. The van der Waals surface area contributed by atoms with Gasteiger partial charge in [0.1, 0.15) is 11.8 Å². The maximum absolute atomic E-state index is 13.1. The molecule has 0 unspecified atom stereocenters. The lowest BCUT2D eigenvalue weighted by molar-refractivity contribution is -0.136. The second-order valence-electron chi connectivity index (χ2n) is 8.54. The molecule has 1 saturated heterocycles. The van der Waals surface area contributed by atoms with E-state index in [9.17, 15) is 14.4 Å². The van der Waals surface area contributed by atoms with Crippen molar-refractivity contribution in [1.82, 2.24) is 24.8 Å². The van der Waals surface area contributed by atoms with Crippen molar-refractivity contribution in [3.05, 3.63) is 65.5 Å². The smallest absolute Gasteiger partial charge is 0.262 e. The third-order valence-electron chi connectivity index (χ3n) is 6.43. The largest absolute Gasteiger partial charge is 0.497 e. The van der Waals surface area contributed by atoms with Gasteiger partial charge in [0.2, 0.25) is 17.6 Å². The number of aromatic nitrogens is 2. The third-order valence-corrected chi connectivity index (χ3v) is 6.43. The second kappa shape index (κ2) is 9.30. The Morgan fingerprint density at radius 2 is 1.63 bits per heavy atom. The molecule has 1 atom stereocenters. The van der Waals surface area contributed by atoms with Gasteiger partial charge in [0.15, 0.2) is 0 Å². The molecule has 3 heterocycles. The van der Waals surface area contributed by atoms with E-state index >= 15 is 0 Å². The van der Waals surface area contributed by atoms with Crippen LogP contribution < -0.4 is 4.74 Å². The summed E-state index contributed by atoms with van der Waals surface area (Å²) in [5.74, 6) is 0.672. The van der Waals surface area contributed by atoms with Crippen molar-refractivity contribution in [3.8, 4) is 17.1 Å². The van der Waals surface area contributed by atoms with E-state index in [1.54, 1.807) is 43.2 Å². The number of carbonyl (C=O) groups excluding carboxylic acids is 3. The number of hydrogen-bond donors (Lipinski definition) is 0. The number of ether oxygens (including phenoxy) is 1. The zero-order valence-corrected chi connectivity index (χ0v) is 19.5. The van der Waals surface area contributed by atoms with Crippen LogP contribution in [0, 0.1) is 0 Å². The van der Waals surface area contributed by atoms with Crippen LogP contribution in [-0.2, 0) is 11.3 Å². The summed E-state index contributed by atoms with van der Waals surface area (Å²) in [6.45, 7) is 4.26. The highest BCUT2D eigenvalue weighted by molar-refractivity contribution is 6.22. The van der Waals surface area contributed by atoms with Crippen LogP contribution in [0.1, 0.15) is 33.5 Å². The van der Waals surface area contributed by atoms with Crippen LogP contribution in [-0.4, -0.2) is 81.9 Å². The number of amides is 3. The molecule has 3 aromatic rings. The van der Waals surface area contributed by atoms with Crippen molar-refractivity contribution in [1.29, 1.82) is 0 Å². The Bertz CT molecular complexity index is 1230. The summed E-state index contributed by atoms with van der Waals surface area (Å²) < 4.78 is 10.6. The fourth-order valence-corrected chi connectivity index (χ4v) is 4.43. The van der Waals surface area contributed by atoms with Crippen molar-refractivity contribution < 1.29 is 23.6 Å². The molecule has 0 N–H and O–H groups in total. The molecule has 180 valence electrons. The van der Waals surface area contributed by atoms with Gasteiger partial charge in [0, 0.05) is 31.7 Å². The number of carbonyl (C=O) groups is 3. The monoisotopic (exact) mass is 475 g/mol. The number of hydrogen-bond acceptors (Lipinski definition) is 8. The fraction of sp³-hybridized carbons (Fsp3) is 0.320. The molecule has 2 aromatic carbocycles. The first kappa shape index (κ1) is 22.7. The topological polar surface area (TPSA) is 109 Å². The highest BCUT2D eigenvalue weighted by Gasteiger charge is 2.42. The van der Waals surface area contributed by atoms with Gasteiger partial charge in [-0.25, -0.2) is 0 Å². The van der Waals surface area contributed by atoms with Crippen LogP contribution in [0.25, 0.3) is 11.4 Å². The molecule has 1 aromatic heterocycles. The number of nitrogens with zero attached hydrogens (tertiary/aromatic N) is 5. The molecule has 0 aliphatic carbocycles. The molecule has 1 fully saturated rings. The second-order valence-corrected chi connectivity index (χ2v) is 8.54. The van der Waals surface area contributed by atoms with Crippen LogP contribution in [0.4, 0.5) is 0 Å². The fourth-order valence-electron chi connectivity index (χ4n) is 4.43. The number of rotatable bonds is 6. The Morgan fingerprint density at radius 1 is 1.00 bits per heavy atom. The number of imide groups is 1. The lowest BCUT2D eigenvalue weighted by atomic mass is 10.1. The normalized spacial score (nSPS) is 17.0. The molecular formula is C25H25N5O5. The summed E-state index contributed by atoms with van der Waals surface area (Å²) in [6, 6.07) is 13.2. The highest BCUT2D eigenvalue weighted by atomic mass is 16.5. The Hall–Kier alpha value is -4.05. The summed E-state index contributed by atoms with van der Waals surface area (Å²) in [5, 5.41) is 4.06. The number of fused-ring (bicyclic) bond motifs is 1. The van der Waals surface area contributed by atoms with Crippen molar-refractivity contribution in [2.45, 2.75) is 19.5 Å². The van der Waals surface area contributed by atoms with E-state index in [0.717, 1.165) is 16.2 Å². The first-order valence-electron chi connectivity index (χ1n) is 11.4. The molecule has 2 aliphatic rings. The molecule has 10 nitrogen and oxygen atoms in total. The molecule has 3 amide bonds. The summed E-state index contributed by atoms with van der Waals surface area (Å²) in [6.07, 6.45) is 0. The Labute approximate surface area is 202 Å². The molecular weight excluding hydrogens is 450 g/mol. The van der Waals surface area contributed by atoms with Crippen LogP contribution >= 0.6 is 0 Å². The van der Waals surface area contributed by atoms with Gasteiger partial charge in [-0.15, -0.1) is 0 Å². The molecule has 2 aliphatic heterocycles. The van der Waals surface area contributed by atoms with E-state index in [2.05, 4.69) is 15.0 Å². The number of methoxy groups -OCH3 is 1. The maximum atomic E-state index is 13.1. The summed E-state index contributed by atoms with van der Waals surface area (Å²) >= 11 is 0. The lowest BCUT2D eigenvalue weighted by Gasteiger charge is -2.36. The van der Waals surface area contributed by atoms with E-state index in [4.69, 9.17) is 9.26 Å². The van der Waals surface area contributed by atoms with Crippen LogP contribution in [0.3, 0.4) is 0 Å². The molecule has 0 saturated carbocycles. The predicted octanol–water partition coefficient (Wildman–Crippen LogP) is 2.07. The average molecular weight is 476 g/mol. The summed E-state index contributed by atoms with van der Waals surface area (Å²) in [7, 11) is 1.61. The van der Waals surface area contributed by atoms with Gasteiger partial charge in [-0.1, -0.05) is 17.3 Å². The number of piperazine rings is 1. The summed E-state index contributed by atoms with van der Waals surface area (Å²) in [5.41, 5.74) is 1.52. The first-order valence-corrected chi connectivity index (χ1v) is 11.4. The van der Waals surface area contributed by atoms with E-state index in [0.29, 0.717) is 55.6 Å². The minimum Gasteiger partial charge on any atom is -0.497 e. The van der Waals surface area contributed by atoms with E-state index < -0.39 is 17.9 Å². The summed E-state index contributed by atoms with van der Waals surface area (Å²) in [4.78, 5) is 47.9. The van der Waals surface area contributed by atoms with Gasteiger partial charge in [-0.05, 0) is 43.3 Å². The van der Waals surface area contributed by atoms with Crippen LogP contribution in [0.5, 0.6) is 5.75 Å². The average Bonchev–Trinajstić information content (AvgIpc) is 3.46. The van der Waals surface area contributed by atoms with E-state index in [-0.39, 0.29) is 5.91 Å². The van der Waals surface area contributed by atoms with Gasteiger partial charge < -0.3 is 14.2 Å². The zero-order chi connectivity index (χ0) is 24.5. The van der Waals surface area contributed by atoms with Crippen molar-refractivity contribution >= 4 is 17.7 Å². The van der Waals surface area contributed by atoms with E-state index in [1.165, 1.54) is 0 Å². The zero-order valence-electron chi connectivity index (χ0n) is 19.5.